The van der Waals surface area contributed by atoms with E-state index in [1.807, 2.05) is 37.3 Å². The third-order valence-electron chi connectivity index (χ3n) is 1.70. The maximum absolute atomic E-state index is 5.73. The molecule has 0 bridgehead atoms. The second-order valence-electron chi connectivity index (χ2n) is 2.53. The van der Waals surface area contributed by atoms with Crippen LogP contribution in [0.5, 0.6) is 0 Å². The van der Waals surface area contributed by atoms with Gasteiger partial charge in [-0.3, -0.25) is 0 Å². The molecule has 0 amide bonds. The van der Waals surface area contributed by atoms with E-state index >= 15 is 0 Å². The Morgan fingerprint density at radius 3 is 2.09 bits per heavy atom. The van der Waals surface area contributed by atoms with Crippen LogP contribution in [0, 0.1) is 0 Å². The van der Waals surface area contributed by atoms with E-state index in [1.165, 1.54) is 5.56 Å². The summed E-state index contributed by atoms with van der Waals surface area (Å²) in [5.41, 5.74) is 1.18. The van der Waals surface area contributed by atoms with Crippen LogP contribution < -0.4 is 0 Å². The Morgan fingerprint density at radius 2 is 1.64 bits per heavy atom. The predicted molar refractivity (Wildman–Crippen MR) is 50.4 cm³/mol. The second-order valence-corrected chi connectivity index (χ2v) is 3.70. The minimum atomic E-state index is -0.322. The minimum Gasteiger partial charge on any atom is -0.105 e. The van der Waals surface area contributed by atoms with E-state index in [-0.39, 0.29) is 10.8 Å². The van der Waals surface area contributed by atoms with Crippen LogP contribution in [0.2, 0.25) is 0 Å². The van der Waals surface area contributed by atoms with Crippen molar-refractivity contribution >= 4 is 23.2 Å². The Hall–Kier alpha value is -0.200. The van der Waals surface area contributed by atoms with Crippen molar-refractivity contribution in [2.45, 2.75) is 17.7 Å². The Kier molecular flexibility index (Phi) is 3.22. The average molecular weight is 189 g/mol. The Labute approximate surface area is 77.1 Å². The lowest BCUT2D eigenvalue weighted by atomic mass is 10.0. The van der Waals surface area contributed by atoms with Crippen molar-refractivity contribution in [1.82, 2.24) is 0 Å². The highest BCUT2D eigenvalue weighted by atomic mass is 35.5. The molecule has 11 heavy (non-hydrogen) atoms. The van der Waals surface area contributed by atoms with E-state index in [1.54, 1.807) is 0 Å². The zero-order valence-electron chi connectivity index (χ0n) is 6.30. The Balaban J connectivity index is 2.77. The van der Waals surface area contributed by atoms with Gasteiger partial charge in [-0.05, 0) is 5.56 Å². The Bertz CT molecular complexity index is 206. The fraction of sp³-hybridized carbons (Fsp3) is 0.333. The van der Waals surface area contributed by atoms with Gasteiger partial charge in [-0.15, -0.1) is 23.2 Å². The first-order valence-corrected chi connectivity index (χ1v) is 4.42. The van der Waals surface area contributed by atoms with Gasteiger partial charge in [0.25, 0.3) is 0 Å². The maximum atomic E-state index is 5.73. The summed E-state index contributed by atoms with van der Waals surface area (Å²) in [6, 6.07) is 10.0. The molecule has 1 rings (SSSR count). The minimum absolute atomic E-state index is 0.208. The lowest BCUT2D eigenvalue weighted by Crippen LogP contribution is -2.01. The summed E-state index contributed by atoms with van der Waals surface area (Å²) in [7, 11) is 0. The zero-order chi connectivity index (χ0) is 8.27. The predicted octanol–water partition coefficient (Wildman–Crippen LogP) is 3.59. The molecule has 0 spiro atoms. The van der Waals surface area contributed by atoms with Gasteiger partial charge in [-0.1, -0.05) is 37.3 Å². The average Bonchev–Trinajstić information content (AvgIpc) is 2.05. The van der Waals surface area contributed by atoms with Gasteiger partial charge in [0.05, 0.1) is 0 Å². The van der Waals surface area contributed by atoms with Crippen molar-refractivity contribution in [3.8, 4) is 0 Å². The van der Waals surface area contributed by atoms with Crippen LogP contribution in [0.4, 0.5) is 0 Å². The van der Waals surface area contributed by atoms with Gasteiger partial charge in [0.1, 0.15) is 4.84 Å². The van der Waals surface area contributed by atoms with Crippen molar-refractivity contribution in [3.63, 3.8) is 0 Å². The third kappa shape index (κ3) is 2.39. The molecule has 0 saturated heterocycles. The molecule has 0 aromatic heterocycles. The van der Waals surface area contributed by atoms with Crippen LogP contribution in [0.3, 0.4) is 0 Å². The standard InChI is InChI=1S/C9H10Cl2/c1-7(9(10)11)8-5-3-2-4-6-8/h2-7,9H,1H3/t7-/m1/s1. The number of hydrogen-bond acceptors (Lipinski definition) is 0. The van der Waals surface area contributed by atoms with Gasteiger partial charge >= 0.3 is 0 Å². The molecule has 0 unspecified atom stereocenters. The molecule has 1 aromatic rings. The first-order chi connectivity index (χ1) is 5.22. The lowest BCUT2D eigenvalue weighted by Gasteiger charge is -2.11. The van der Waals surface area contributed by atoms with Crippen LogP contribution in [0.25, 0.3) is 0 Å². The summed E-state index contributed by atoms with van der Waals surface area (Å²) in [4.78, 5) is -0.322. The van der Waals surface area contributed by atoms with E-state index in [9.17, 15) is 0 Å². The first kappa shape index (κ1) is 8.89. The summed E-state index contributed by atoms with van der Waals surface area (Å²) in [5, 5.41) is 0. The molecule has 1 aromatic carbocycles. The lowest BCUT2D eigenvalue weighted by molar-refractivity contribution is 0.834. The van der Waals surface area contributed by atoms with Crippen molar-refractivity contribution in [1.29, 1.82) is 0 Å². The quantitative estimate of drug-likeness (QED) is 0.623. The number of hydrogen-bond donors (Lipinski definition) is 0. The third-order valence-corrected chi connectivity index (χ3v) is 2.46. The van der Waals surface area contributed by atoms with E-state index in [2.05, 4.69) is 0 Å². The molecular weight excluding hydrogens is 179 g/mol. The van der Waals surface area contributed by atoms with Crippen LogP contribution in [0.1, 0.15) is 18.4 Å². The maximum Gasteiger partial charge on any atom is 0.114 e. The molecule has 2 heteroatoms. The van der Waals surface area contributed by atoms with Gasteiger partial charge in [-0.2, -0.15) is 0 Å². The fourth-order valence-corrected chi connectivity index (χ4v) is 1.19. The summed E-state index contributed by atoms with van der Waals surface area (Å²) in [6.07, 6.45) is 0. The number of alkyl halides is 2. The summed E-state index contributed by atoms with van der Waals surface area (Å²) in [5.74, 6) is 0.208. The molecule has 1 atom stereocenters. The SMILES string of the molecule is C[C@H](c1ccccc1)C(Cl)Cl. The smallest absolute Gasteiger partial charge is 0.105 e. The molecule has 0 aliphatic rings. The molecule has 0 saturated carbocycles. The van der Waals surface area contributed by atoms with E-state index < -0.39 is 0 Å². The molecule has 0 heterocycles. The molecule has 0 fully saturated rings. The Morgan fingerprint density at radius 1 is 1.09 bits per heavy atom. The topological polar surface area (TPSA) is 0 Å². The van der Waals surface area contributed by atoms with Crippen molar-refractivity contribution in [2.24, 2.45) is 0 Å². The van der Waals surface area contributed by atoms with E-state index in [0.717, 1.165) is 0 Å². The molecule has 0 N–H and O–H groups in total. The number of benzene rings is 1. The summed E-state index contributed by atoms with van der Waals surface area (Å²) in [6.45, 7) is 2.01. The van der Waals surface area contributed by atoms with Crippen molar-refractivity contribution < 1.29 is 0 Å². The largest absolute Gasteiger partial charge is 0.114 e. The number of halogens is 2. The summed E-state index contributed by atoms with van der Waals surface area (Å²) < 4.78 is 0. The fourth-order valence-electron chi connectivity index (χ4n) is 0.902. The van der Waals surface area contributed by atoms with E-state index in [0.29, 0.717) is 0 Å². The molecular formula is C9H10Cl2. The summed E-state index contributed by atoms with van der Waals surface area (Å²) >= 11 is 11.5. The van der Waals surface area contributed by atoms with Crippen LogP contribution in [0.15, 0.2) is 30.3 Å². The van der Waals surface area contributed by atoms with Gasteiger partial charge in [0, 0.05) is 5.92 Å². The van der Waals surface area contributed by atoms with Crippen molar-refractivity contribution in [3.05, 3.63) is 35.9 Å². The van der Waals surface area contributed by atoms with E-state index in [4.69, 9.17) is 23.2 Å². The second kappa shape index (κ2) is 3.99. The van der Waals surface area contributed by atoms with Crippen LogP contribution >= 0.6 is 23.2 Å². The zero-order valence-corrected chi connectivity index (χ0v) is 7.81. The van der Waals surface area contributed by atoms with Gasteiger partial charge in [-0.25, -0.2) is 0 Å². The number of rotatable bonds is 2. The van der Waals surface area contributed by atoms with Gasteiger partial charge in [0.2, 0.25) is 0 Å². The highest BCUT2D eigenvalue weighted by molar-refractivity contribution is 6.44. The monoisotopic (exact) mass is 188 g/mol. The molecule has 0 radical (unpaired) electrons. The normalized spacial score (nSPS) is 13.5. The van der Waals surface area contributed by atoms with Crippen LogP contribution in [-0.4, -0.2) is 4.84 Å². The first-order valence-electron chi connectivity index (χ1n) is 3.55. The van der Waals surface area contributed by atoms with Crippen molar-refractivity contribution in [2.75, 3.05) is 0 Å². The molecule has 0 nitrogen and oxygen atoms in total. The molecule has 0 aliphatic heterocycles. The highest BCUT2D eigenvalue weighted by Crippen LogP contribution is 2.25. The van der Waals surface area contributed by atoms with Gasteiger partial charge in [0.15, 0.2) is 0 Å². The van der Waals surface area contributed by atoms with Crippen LogP contribution in [-0.2, 0) is 0 Å². The van der Waals surface area contributed by atoms with Gasteiger partial charge < -0.3 is 0 Å². The highest BCUT2D eigenvalue weighted by Gasteiger charge is 2.11. The molecule has 0 aliphatic carbocycles. The molecule has 60 valence electrons.